The quantitative estimate of drug-likeness (QED) is 0.366. The van der Waals surface area contributed by atoms with Gasteiger partial charge in [0.15, 0.2) is 0 Å². The number of aliphatic hydroxyl groups is 1. The molecule has 0 radical (unpaired) electrons. The molecule has 4 rings (SSSR count). The van der Waals surface area contributed by atoms with Crippen LogP contribution in [0, 0.1) is 6.92 Å². The summed E-state index contributed by atoms with van der Waals surface area (Å²) in [4.78, 5) is 2.53. The number of aliphatic hydroxyl groups excluding tert-OH is 1. The van der Waals surface area contributed by atoms with Crippen molar-refractivity contribution in [2.75, 3.05) is 19.7 Å². The minimum absolute atomic E-state index is 0. The van der Waals surface area contributed by atoms with E-state index in [0.717, 1.165) is 25.9 Å². The molecule has 33 heavy (non-hydrogen) atoms. The van der Waals surface area contributed by atoms with E-state index in [1.807, 2.05) is 0 Å². The second-order valence-electron chi connectivity index (χ2n) is 9.28. The van der Waals surface area contributed by atoms with E-state index in [2.05, 4.69) is 105 Å². The monoisotopic (exact) mass is 461 g/mol. The van der Waals surface area contributed by atoms with Gasteiger partial charge in [-0.3, -0.25) is 4.90 Å². The van der Waals surface area contributed by atoms with Gasteiger partial charge < -0.3 is 5.11 Å². The first-order chi connectivity index (χ1) is 15.6. The Morgan fingerprint density at radius 2 is 1.42 bits per heavy atom. The van der Waals surface area contributed by atoms with Gasteiger partial charge in [-0.25, -0.2) is 0 Å². The summed E-state index contributed by atoms with van der Waals surface area (Å²) in [6.07, 6.45) is 1.60. The highest BCUT2D eigenvalue weighted by molar-refractivity contribution is 5.98. The van der Waals surface area contributed by atoms with Crippen molar-refractivity contribution in [1.29, 1.82) is 0 Å². The van der Waals surface area contributed by atoms with Crippen LogP contribution in [0.5, 0.6) is 0 Å². The Kier molecular flexibility index (Phi) is 8.91. The fraction of sp³-hybridized carbons (Fsp3) is 0.333. The third-order valence-corrected chi connectivity index (χ3v) is 6.66. The van der Waals surface area contributed by atoms with E-state index < -0.39 is 0 Å². The van der Waals surface area contributed by atoms with Crippen LogP contribution in [-0.2, 0) is 0 Å². The first-order valence-corrected chi connectivity index (χ1v) is 11.9. The van der Waals surface area contributed by atoms with Gasteiger partial charge >= 0.3 is 0 Å². The molecule has 1 N–H and O–H groups in total. The second-order valence-corrected chi connectivity index (χ2v) is 9.28. The van der Waals surface area contributed by atoms with Crippen molar-refractivity contribution in [3.63, 3.8) is 0 Å². The molecule has 3 aromatic rings. The van der Waals surface area contributed by atoms with Crippen molar-refractivity contribution in [3.05, 3.63) is 107 Å². The average molecular weight is 462 g/mol. The number of hydrogen-bond donors (Lipinski definition) is 1. The van der Waals surface area contributed by atoms with E-state index in [-0.39, 0.29) is 19.0 Å². The van der Waals surface area contributed by atoms with Crippen LogP contribution < -0.4 is 0 Å². The van der Waals surface area contributed by atoms with Crippen LogP contribution >= 0.6 is 12.4 Å². The Morgan fingerprint density at radius 1 is 0.848 bits per heavy atom. The van der Waals surface area contributed by atoms with Crippen molar-refractivity contribution in [2.24, 2.45) is 0 Å². The minimum Gasteiger partial charge on any atom is -0.396 e. The van der Waals surface area contributed by atoms with E-state index >= 15 is 0 Å². The fourth-order valence-corrected chi connectivity index (χ4v) is 4.61. The van der Waals surface area contributed by atoms with Gasteiger partial charge in [0, 0.05) is 31.7 Å². The van der Waals surface area contributed by atoms with Gasteiger partial charge in [0.05, 0.1) is 0 Å². The summed E-state index contributed by atoms with van der Waals surface area (Å²) in [6, 6.07) is 29.3. The van der Waals surface area contributed by atoms with Crippen molar-refractivity contribution in [3.8, 4) is 0 Å². The maximum Gasteiger partial charge on any atom is 0.0434 e. The van der Waals surface area contributed by atoms with Crippen molar-refractivity contribution in [2.45, 2.75) is 45.6 Å². The Labute approximate surface area is 205 Å². The van der Waals surface area contributed by atoms with Gasteiger partial charge in [0.2, 0.25) is 0 Å². The van der Waals surface area contributed by atoms with Gasteiger partial charge in [0.25, 0.3) is 0 Å². The van der Waals surface area contributed by atoms with Gasteiger partial charge in [0.1, 0.15) is 0 Å². The topological polar surface area (TPSA) is 23.5 Å². The molecular formula is C30H36ClNO. The molecule has 1 heterocycles. The number of hydrogen-bond acceptors (Lipinski definition) is 2. The standard InChI is InChI=1S/C30H35NO.ClH/c1-22(2)31-20-28(21-31)24-15-17-27(18-16-24)30(26-13-11-23(3)12-14-26)29(10-7-19-32)25-8-5-4-6-9-25;/h4-6,8-9,11-18,22,28,32H,7,10,19-21H2,1-3H3;1H/b30-29-;. The van der Waals surface area contributed by atoms with Crippen LogP contribution in [-0.4, -0.2) is 35.7 Å². The number of aryl methyl sites for hydroxylation is 1. The van der Waals surface area contributed by atoms with E-state index in [9.17, 15) is 5.11 Å². The summed E-state index contributed by atoms with van der Waals surface area (Å²) >= 11 is 0. The lowest BCUT2D eigenvalue weighted by Crippen LogP contribution is -2.48. The van der Waals surface area contributed by atoms with Crippen LogP contribution in [0.3, 0.4) is 0 Å². The predicted molar refractivity (Wildman–Crippen MR) is 143 cm³/mol. The Hall–Kier alpha value is -2.39. The third-order valence-electron chi connectivity index (χ3n) is 6.66. The zero-order chi connectivity index (χ0) is 22.5. The second kappa shape index (κ2) is 11.7. The van der Waals surface area contributed by atoms with Gasteiger partial charge in [-0.15, -0.1) is 12.4 Å². The predicted octanol–water partition coefficient (Wildman–Crippen LogP) is 6.96. The molecule has 174 valence electrons. The molecule has 2 nitrogen and oxygen atoms in total. The SMILES string of the molecule is Cc1ccc(/C(=C(\CCCO)c2ccccc2)c2ccc(C3CN(C(C)C)C3)cc2)cc1.Cl. The van der Waals surface area contributed by atoms with E-state index in [4.69, 9.17) is 0 Å². The Bertz CT molecular complexity index is 1030. The number of allylic oxidation sites excluding steroid dienone is 1. The van der Waals surface area contributed by atoms with Gasteiger partial charge in [-0.05, 0) is 67.0 Å². The number of likely N-dealkylation sites (tertiary alicyclic amines) is 1. The minimum atomic E-state index is 0. The average Bonchev–Trinajstić information content (AvgIpc) is 2.77. The highest BCUT2D eigenvalue weighted by Crippen LogP contribution is 2.36. The molecule has 0 unspecified atom stereocenters. The molecule has 1 aliphatic rings. The molecule has 0 atom stereocenters. The number of rotatable bonds is 8. The molecule has 1 fully saturated rings. The Morgan fingerprint density at radius 3 is 1.97 bits per heavy atom. The van der Waals surface area contributed by atoms with Crippen LogP contribution in [0.25, 0.3) is 11.1 Å². The molecule has 3 aromatic carbocycles. The molecule has 0 aliphatic carbocycles. The normalized spacial score (nSPS) is 15.1. The largest absolute Gasteiger partial charge is 0.396 e. The van der Waals surface area contributed by atoms with Crippen LogP contribution in [0.1, 0.15) is 60.4 Å². The highest BCUT2D eigenvalue weighted by atomic mass is 35.5. The van der Waals surface area contributed by atoms with Crippen LogP contribution in [0.4, 0.5) is 0 Å². The van der Waals surface area contributed by atoms with Gasteiger partial charge in [-0.2, -0.15) is 0 Å². The van der Waals surface area contributed by atoms with E-state index in [1.165, 1.54) is 39.0 Å². The summed E-state index contributed by atoms with van der Waals surface area (Å²) in [6.45, 7) is 9.19. The lowest BCUT2D eigenvalue weighted by Gasteiger charge is -2.42. The smallest absolute Gasteiger partial charge is 0.0434 e. The van der Waals surface area contributed by atoms with Crippen LogP contribution in [0.2, 0.25) is 0 Å². The number of halogens is 1. The first-order valence-electron chi connectivity index (χ1n) is 11.9. The molecule has 3 heteroatoms. The Balaban J connectivity index is 0.00000306. The number of benzene rings is 3. The summed E-state index contributed by atoms with van der Waals surface area (Å²) in [5.74, 6) is 0.640. The van der Waals surface area contributed by atoms with Crippen molar-refractivity contribution >= 4 is 23.6 Å². The molecular weight excluding hydrogens is 426 g/mol. The van der Waals surface area contributed by atoms with E-state index in [0.29, 0.717) is 12.0 Å². The summed E-state index contributed by atoms with van der Waals surface area (Å²) in [7, 11) is 0. The highest BCUT2D eigenvalue weighted by Gasteiger charge is 2.29. The lowest BCUT2D eigenvalue weighted by molar-refractivity contribution is 0.110. The molecule has 1 saturated heterocycles. The zero-order valence-corrected chi connectivity index (χ0v) is 20.8. The first kappa shape index (κ1) is 25.2. The van der Waals surface area contributed by atoms with Gasteiger partial charge in [-0.1, -0.05) is 84.4 Å². The van der Waals surface area contributed by atoms with E-state index in [1.54, 1.807) is 0 Å². The van der Waals surface area contributed by atoms with Crippen LogP contribution in [0.15, 0.2) is 78.9 Å². The van der Waals surface area contributed by atoms with Crippen molar-refractivity contribution in [1.82, 2.24) is 4.90 Å². The lowest BCUT2D eigenvalue weighted by atomic mass is 9.85. The molecule has 0 bridgehead atoms. The number of nitrogens with zero attached hydrogens (tertiary/aromatic N) is 1. The fourth-order valence-electron chi connectivity index (χ4n) is 4.61. The summed E-state index contributed by atoms with van der Waals surface area (Å²) in [5, 5.41) is 9.59. The molecule has 0 spiro atoms. The maximum atomic E-state index is 9.59. The van der Waals surface area contributed by atoms with Crippen molar-refractivity contribution < 1.29 is 5.11 Å². The molecule has 0 saturated carbocycles. The third kappa shape index (κ3) is 5.95. The maximum absolute atomic E-state index is 9.59. The summed E-state index contributed by atoms with van der Waals surface area (Å²) < 4.78 is 0. The molecule has 0 aromatic heterocycles. The summed E-state index contributed by atoms with van der Waals surface area (Å²) in [5.41, 5.74) is 8.97. The zero-order valence-electron chi connectivity index (χ0n) is 20.0. The molecule has 1 aliphatic heterocycles. The molecule has 0 amide bonds.